The van der Waals surface area contributed by atoms with Crippen LogP contribution < -0.4 is 4.72 Å². The van der Waals surface area contributed by atoms with Gasteiger partial charge in [0.15, 0.2) is 0 Å². The molecule has 0 radical (unpaired) electrons. The maximum absolute atomic E-state index is 12.8. The summed E-state index contributed by atoms with van der Waals surface area (Å²) in [6, 6.07) is 9.99. The second-order valence-corrected chi connectivity index (χ2v) is 11.0. The summed E-state index contributed by atoms with van der Waals surface area (Å²) in [5, 5.41) is 0. The highest BCUT2D eigenvalue weighted by molar-refractivity contribution is 7.91. The number of hydrogen-bond donors (Lipinski definition) is 1. The Balaban J connectivity index is 1.48. The molecule has 4 rings (SSSR count). The van der Waals surface area contributed by atoms with Crippen LogP contribution in [0.15, 0.2) is 34.5 Å². The van der Waals surface area contributed by atoms with Gasteiger partial charge < -0.3 is 9.64 Å². The number of carbonyl (C=O) groups excluding carboxylic acids is 2. The number of carbonyl (C=O) groups is 2. The molecule has 0 bridgehead atoms. The van der Waals surface area contributed by atoms with Gasteiger partial charge in [-0.2, -0.15) is 0 Å². The number of benzene rings is 1. The van der Waals surface area contributed by atoms with Crippen molar-refractivity contribution in [3.8, 4) is 0 Å². The first kappa shape index (κ1) is 22.0. The molecule has 166 valence electrons. The van der Waals surface area contributed by atoms with Gasteiger partial charge >= 0.3 is 5.97 Å². The van der Waals surface area contributed by atoms with Crippen molar-refractivity contribution in [1.29, 1.82) is 0 Å². The van der Waals surface area contributed by atoms with E-state index in [1.54, 1.807) is 4.90 Å². The van der Waals surface area contributed by atoms with Crippen molar-refractivity contribution in [3.05, 3.63) is 51.9 Å². The smallest absolute Gasteiger partial charge is 0.340 e. The van der Waals surface area contributed by atoms with E-state index < -0.39 is 16.0 Å². The summed E-state index contributed by atoms with van der Waals surface area (Å²) in [6.45, 7) is 0.792. The summed E-state index contributed by atoms with van der Waals surface area (Å²) < 4.78 is 33.2. The number of nitrogens with zero attached hydrogens (tertiary/aromatic N) is 1. The molecule has 0 unspecified atom stereocenters. The minimum Gasteiger partial charge on any atom is -0.465 e. The van der Waals surface area contributed by atoms with Gasteiger partial charge in [-0.15, -0.1) is 11.3 Å². The Morgan fingerprint density at radius 3 is 2.65 bits per heavy atom. The van der Waals surface area contributed by atoms with Crippen LogP contribution in [0, 0.1) is 0 Å². The van der Waals surface area contributed by atoms with Crippen LogP contribution in [0.3, 0.4) is 0 Å². The molecule has 1 saturated carbocycles. The van der Waals surface area contributed by atoms with Gasteiger partial charge in [-0.3, -0.25) is 4.79 Å². The molecule has 1 N–H and O–H groups in total. The van der Waals surface area contributed by atoms with E-state index in [1.807, 2.05) is 18.2 Å². The van der Waals surface area contributed by atoms with Crippen LogP contribution in [-0.2, 0) is 38.9 Å². The van der Waals surface area contributed by atoms with Crippen LogP contribution in [0.1, 0.15) is 52.0 Å². The third-order valence-corrected chi connectivity index (χ3v) is 8.86. The number of fused-ring (bicyclic) bond motifs is 1. The summed E-state index contributed by atoms with van der Waals surface area (Å²) in [7, 11) is -2.54. The highest BCUT2D eigenvalue weighted by Crippen LogP contribution is 2.37. The lowest BCUT2D eigenvalue weighted by molar-refractivity contribution is -0.132. The van der Waals surface area contributed by atoms with Gasteiger partial charge in [0.25, 0.3) is 10.0 Å². The Morgan fingerprint density at radius 1 is 1.23 bits per heavy atom. The molecule has 1 aliphatic carbocycles. The molecule has 1 aromatic carbocycles. The van der Waals surface area contributed by atoms with E-state index in [0.717, 1.165) is 41.9 Å². The molecule has 31 heavy (non-hydrogen) atoms. The fourth-order valence-corrected chi connectivity index (χ4v) is 7.03. The molecule has 7 nitrogen and oxygen atoms in total. The molecule has 2 aromatic rings. The van der Waals surface area contributed by atoms with E-state index in [-0.39, 0.29) is 21.7 Å². The largest absolute Gasteiger partial charge is 0.465 e. The van der Waals surface area contributed by atoms with E-state index in [2.05, 4.69) is 16.9 Å². The van der Waals surface area contributed by atoms with Crippen LogP contribution in [0.2, 0.25) is 0 Å². The molecular formula is C22H26N2O5S2. The van der Waals surface area contributed by atoms with E-state index in [0.29, 0.717) is 31.5 Å². The zero-order valence-corrected chi connectivity index (χ0v) is 19.1. The quantitative estimate of drug-likeness (QED) is 0.609. The lowest BCUT2D eigenvalue weighted by Crippen LogP contribution is -2.35. The van der Waals surface area contributed by atoms with Crippen molar-refractivity contribution in [1.82, 2.24) is 9.62 Å². The first-order chi connectivity index (χ1) is 14.9. The zero-order valence-electron chi connectivity index (χ0n) is 17.4. The van der Waals surface area contributed by atoms with E-state index in [4.69, 9.17) is 4.74 Å². The van der Waals surface area contributed by atoms with Crippen molar-refractivity contribution >= 4 is 33.2 Å². The molecule has 1 fully saturated rings. The lowest BCUT2D eigenvalue weighted by atomic mass is 10.0. The maximum atomic E-state index is 12.8. The monoisotopic (exact) mass is 462 g/mol. The maximum Gasteiger partial charge on any atom is 0.340 e. The number of thiophene rings is 1. The van der Waals surface area contributed by atoms with Crippen LogP contribution in [0.5, 0.6) is 0 Å². The number of ether oxygens (including phenoxy) is 1. The summed E-state index contributed by atoms with van der Waals surface area (Å²) >= 11 is 1.08. The van der Waals surface area contributed by atoms with Gasteiger partial charge in [0, 0.05) is 23.9 Å². The number of esters is 1. The molecular weight excluding hydrogens is 436 g/mol. The van der Waals surface area contributed by atoms with Crippen LogP contribution in [0.4, 0.5) is 0 Å². The van der Waals surface area contributed by atoms with Crippen LogP contribution in [-0.4, -0.2) is 44.9 Å². The standard InChI is InChI=1S/C22H26N2O5S2/c1-29-21(26)20-17-12-13-24(19(25)9-5-8-15-6-3-2-4-7-15)14-18(17)30-22(20)31(27,28)23-16-10-11-16/h2-4,6-7,16,23H,5,8-14H2,1H3. The Labute approximate surface area is 186 Å². The summed E-state index contributed by atoms with van der Waals surface area (Å²) in [5.74, 6) is -0.591. The Kier molecular flexibility index (Phi) is 6.45. The molecule has 0 spiro atoms. The lowest BCUT2D eigenvalue weighted by Gasteiger charge is -2.27. The molecule has 9 heteroatoms. The average Bonchev–Trinajstić information content (AvgIpc) is 3.48. The predicted molar refractivity (Wildman–Crippen MR) is 118 cm³/mol. The first-order valence-corrected chi connectivity index (χ1v) is 12.8. The fraction of sp³-hybridized carbons (Fsp3) is 0.455. The molecule has 1 aliphatic heterocycles. The van der Waals surface area contributed by atoms with Crippen molar-refractivity contribution in [2.75, 3.05) is 13.7 Å². The third-order valence-electron chi connectivity index (χ3n) is 5.61. The van der Waals surface area contributed by atoms with Crippen LogP contribution in [0.25, 0.3) is 0 Å². The van der Waals surface area contributed by atoms with Gasteiger partial charge in [-0.1, -0.05) is 30.3 Å². The molecule has 0 saturated heterocycles. The Hall–Kier alpha value is -2.23. The summed E-state index contributed by atoms with van der Waals surface area (Å²) in [4.78, 5) is 27.7. The Morgan fingerprint density at radius 2 is 1.97 bits per heavy atom. The zero-order chi connectivity index (χ0) is 22.0. The number of rotatable bonds is 8. The highest BCUT2D eigenvalue weighted by Gasteiger charge is 2.37. The normalized spacial score (nSPS) is 16.1. The van der Waals surface area contributed by atoms with Gasteiger partial charge in [0.05, 0.1) is 19.2 Å². The van der Waals surface area contributed by atoms with Gasteiger partial charge in [0.1, 0.15) is 4.21 Å². The van der Waals surface area contributed by atoms with Crippen LogP contribution >= 0.6 is 11.3 Å². The fourth-order valence-electron chi connectivity index (χ4n) is 3.81. The number of hydrogen-bond acceptors (Lipinski definition) is 6. The second kappa shape index (κ2) is 9.10. The molecule has 1 aromatic heterocycles. The number of amides is 1. The SMILES string of the molecule is COC(=O)c1c(S(=O)(=O)NC2CC2)sc2c1CCN(C(=O)CCCc1ccccc1)C2. The predicted octanol–water partition coefficient (Wildman–Crippen LogP) is 2.88. The second-order valence-electron chi connectivity index (χ2n) is 7.96. The highest BCUT2D eigenvalue weighted by atomic mass is 32.2. The molecule has 0 atom stereocenters. The van der Waals surface area contributed by atoms with Gasteiger partial charge in [-0.05, 0) is 43.2 Å². The number of sulfonamides is 1. The summed E-state index contributed by atoms with van der Waals surface area (Å²) in [6.07, 6.45) is 4.10. The average molecular weight is 463 g/mol. The number of methoxy groups -OCH3 is 1. The van der Waals surface area contributed by atoms with E-state index in [9.17, 15) is 18.0 Å². The third kappa shape index (κ3) is 4.99. The van der Waals surface area contributed by atoms with E-state index in [1.165, 1.54) is 12.7 Å². The minimum absolute atomic E-state index is 0.00891. The topological polar surface area (TPSA) is 92.8 Å². The minimum atomic E-state index is -3.80. The van der Waals surface area contributed by atoms with Crippen molar-refractivity contribution in [2.45, 2.75) is 55.3 Å². The first-order valence-electron chi connectivity index (χ1n) is 10.5. The van der Waals surface area contributed by atoms with Crippen molar-refractivity contribution in [3.63, 3.8) is 0 Å². The van der Waals surface area contributed by atoms with Crippen molar-refractivity contribution < 1.29 is 22.7 Å². The molecule has 2 heterocycles. The molecule has 1 amide bonds. The number of nitrogens with one attached hydrogen (secondary N) is 1. The van der Waals surface area contributed by atoms with Crippen molar-refractivity contribution in [2.24, 2.45) is 0 Å². The summed E-state index contributed by atoms with van der Waals surface area (Å²) in [5.41, 5.74) is 2.03. The number of aryl methyl sites for hydroxylation is 1. The Bertz CT molecular complexity index is 1070. The van der Waals surface area contributed by atoms with Gasteiger partial charge in [-0.25, -0.2) is 17.9 Å². The van der Waals surface area contributed by atoms with E-state index >= 15 is 0 Å². The van der Waals surface area contributed by atoms with Gasteiger partial charge in [0.2, 0.25) is 5.91 Å². The molecule has 2 aliphatic rings.